The lowest BCUT2D eigenvalue weighted by molar-refractivity contribution is -0.117. The molecule has 2 aromatic carbocycles. The van der Waals surface area contributed by atoms with Crippen LogP contribution in [0, 0.1) is 17.2 Å². The normalized spacial score (nSPS) is 14.0. The van der Waals surface area contributed by atoms with Crippen LogP contribution in [0.5, 0.6) is 0 Å². The number of hydrogen-bond acceptors (Lipinski definition) is 4. The number of carbonyl (C=O) groups is 2. The Morgan fingerprint density at radius 3 is 2.08 bits per heavy atom. The lowest BCUT2D eigenvalue weighted by atomic mass is 10.2. The average molecular weight is 348 g/mol. The summed E-state index contributed by atoms with van der Waals surface area (Å²) in [7, 11) is 0. The molecule has 1 atom stereocenters. The maximum absolute atomic E-state index is 12.3. The molecule has 1 aliphatic carbocycles. The van der Waals surface area contributed by atoms with Gasteiger partial charge in [0.05, 0.1) is 11.6 Å². The zero-order chi connectivity index (χ0) is 18.5. The van der Waals surface area contributed by atoms with Crippen molar-refractivity contribution in [2.45, 2.75) is 25.8 Å². The van der Waals surface area contributed by atoms with Gasteiger partial charge < -0.3 is 16.0 Å². The Morgan fingerprint density at radius 2 is 1.50 bits per heavy atom. The number of anilines is 3. The Bertz CT molecular complexity index is 834. The van der Waals surface area contributed by atoms with E-state index in [0.29, 0.717) is 11.3 Å². The molecule has 1 fully saturated rings. The second kappa shape index (κ2) is 7.70. The van der Waals surface area contributed by atoms with Crippen molar-refractivity contribution < 1.29 is 9.59 Å². The fourth-order valence-electron chi connectivity index (χ4n) is 2.43. The van der Waals surface area contributed by atoms with Crippen molar-refractivity contribution in [3.8, 4) is 6.07 Å². The Morgan fingerprint density at radius 1 is 0.962 bits per heavy atom. The first kappa shape index (κ1) is 17.5. The SMILES string of the molecule is C[C@@H](Nc1ccc(NC(=O)C2CC2)cc1)C(=O)Nc1ccc(C#N)cc1. The molecule has 0 saturated heterocycles. The second-order valence-electron chi connectivity index (χ2n) is 6.39. The number of nitriles is 1. The first-order valence-electron chi connectivity index (χ1n) is 8.53. The van der Waals surface area contributed by atoms with Crippen molar-refractivity contribution in [1.29, 1.82) is 5.26 Å². The number of benzene rings is 2. The van der Waals surface area contributed by atoms with E-state index in [2.05, 4.69) is 16.0 Å². The zero-order valence-corrected chi connectivity index (χ0v) is 14.5. The Kier molecular flexibility index (Phi) is 5.18. The Labute approximate surface area is 152 Å². The van der Waals surface area contributed by atoms with Crippen LogP contribution in [-0.2, 0) is 9.59 Å². The molecule has 1 aliphatic rings. The van der Waals surface area contributed by atoms with E-state index in [1.807, 2.05) is 30.3 Å². The Balaban J connectivity index is 1.52. The van der Waals surface area contributed by atoms with Gasteiger partial charge in [-0.2, -0.15) is 5.26 Å². The number of rotatable bonds is 6. The van der Waals surface area contributed by atoms with Crippen LogP contribution in [0.2, 0.25) is 0 Å². The van der Waals surface area contributed by atoms with Crippen molar-refractivity contribution in [2.75, 3.05) is 16.0 Å². The summed E-state index contributed by atoms with van der Waals surface area (Å²) in [5.74, 6) is 0.0560. The van der Waals surface area contributed by atoms with Crippen LogP contribution in [0.25, 0.3) is 0 Å². The molecule has 3 N–H and O–H groups in total. The van der Waals surface area contributed by atoms with Crippen LogP contribution < -0.4 is 16.0 Å². The minimum atomic E-state index is -0.447. The third kappa shape index (κ3) is 4.61. The number of nitrogens with one attached hydrogen (secondary N) is 3. The molecule has 3 rings (SSSR count). The van der Waals surface area contributed by atoms with E-state index in [0.717, 1.165) is 24.2 Å². The van der Waals surface area contributed by atoms with Gasteiger partial charge in [-0.15, -0.1) is 0 Å². The summed E-state index contributed by atoms with van der Waals surface area (Å²) in [5, 5.41) is 17.6. The van der Waals surface area contributed by atoms with Gasteiger partial charge in [0.15, 0.2) is 0 Å². The highest BCUT2D eigenvalue weighted by Crippen LogP contribution is 2.30. The van der Waals surface area contributed by atoms with Crippen LogP contribution in [-0.4, -0.2) is 17.9 Å². The van der Waals surface area contributed by atoms with Gasteiger partial charge in [-0.3, -0.25) is 9.59 Å². The van der Waals surface area contributed by atoms with Gasteiger partial charge in [0.1, 0.15) is 6.04 Å². The van der Waals surface area contributed by atoms with Crippen molar-refractivity contribution in [2.24, 2.45) is 5.92 Å². The summed E-state index contributed by atoms with van der Waals surface area (Å²) in [5.41, 5.74) is 2.72. The molecular formula is C20H20N4O2. The number of hydrogen-bond donors (Lipinski definition) is 3. The molecular weight excluding hydrogens is 328 g/mol. The van der Waals surface area contributed by atoms with Crippen LogP contribution in [0.4, 0.5) is 17.1 Å². The van der Waals surface area contributed by atoms with Crippen LogP contribution in [0.1, 0.15) is 25.3 Å². The first-order chi connectivity index (χ1) is 12.5. The summed E-state index contributed by atoms with van der Waals surface area (Å²) in [6.07, 6.45) is 1.94. The quantitative estimate of drug-likeness (QED) is 0.746. The molecule has 6 heteroatoms. The summed E-state index contributed by atoms with van der Waals surface area (Å²) >= 11 is 0. The molecule has 2 amide bonds. The maximum atomic E-state index is 12.3. The van der Waals surface area contributed by atoms with Crippen molar-refractivity contribution in [1.82, 2.24) is 0 Å². The lowest BCUT2D eigenvalue weighted by Gasteiger charge is -2.16. The average Bonchev–Trinajstić information content (AvgIpc) is 3.49. The van der Waals surface area contributed by atoms with E-state index >= 15 is 0 Å². The van der Waals surface area contributed by atoms with Crippen molar-refractivity contribution >= 4 is 28.9 Å². The highest BCUT2D eigenvalue weighted by atomic mass is 16.2. The fourth-order valence-corrected chi connectivity index (χ4v) is 2.43. The Hall–Kier alpha value is -3.33. The molecule has 0 aliphatic heterocycles. The van der Waals surface area contributed by atoms with Crippen LogP contribution >= 0.6 is 0 Å². The molecule has 0 spiro atoms. The van der Waals surface area contributed by atoms with E-state index in [1.54, 1.807) is 31.2 Å². The largest absolute Gasteiger partial charge is 0.374 e. The van der Waals surface area contributed by atoms with Gasteiger partial charge in [0.25, 0.3) is 0 Å². The number of amides is 2. The minimum Gasteiger partial charge on any atom is -0.374 e. The molecule has 2 aromatic rings. The molecule has 0 bridgehead atoms. The third-order valence-corrected chi connectivity index (χ3v) is 4.16. The van der Waals surface area contributed by atoms with E-state index in [4.69, 9.17) is 5.26 Å². The van der Waals surface area contributed by atoms with E-state index in [-0.39, 0.29) is 17.7 Å². The van der Waals surface area contributed by atoms with Crippen molar-refractivity contribution in [3.63, 3.8) is 0 Å². The van der Waals surface area contributed by atoms with Crippen molar-refractivity contribution in [3.05, 3.63) is 54.1 Å². The highest BCUT2D eigenvalue weighted by Gasteiger charge is 2.29. The van der Waals surface area contributed by atoms with Gasteiger partial charge in [-0.1, -0.05) is 0 Å². The first-order valence-corrected chi connectivity index (χ1v) is 8.53. The van der Waals surface area contributed by atoms with E-state index in [9.17, 15) is 9.59 Å². The molecule has 0 aromatic heterocycles. The fraction of sp³-hybridized carbons (Fsp3) is 0.250. The molecule has 26 heavy (non-hydrogen) atoms. The zero-order valence-electron chi connectivity index (χ0n) is 14.5. The minimum absolute atomic E-state index is 0.0703. The summed E-state index contributed by atoms with van der Waals surface area (Å²) in [6, 6.07) is 15.6. The van der Waals surface area contributed by atoms with Gasteiger partial charge in [-0.05, 0) is 68.3 Å². The van der Waals surface area contributed by atoms with Gasteiger partial charge in [-0.25, -0.2) is 0 Å². The molecule has 0 radical (unpaired) electrons. The molecule has 1 saturated carbocycles. The van der Waals surface area contributed by atoms with Crippen LogP contribution in [0.3, 0.4) is 0 Å². The highest BCUT2D eigenvalue weighted by molar-refractivity contribution is 5.96. The van der Waals surface area contributed by atoms with E-state index < -0.39 is 6.04 Å². The summed E-state index contributed by atoms with van der Waals surface area (Å²) in [6.45, 7) is 1.77. The predicted molar refractivity (Wildman–Crippen MR) is 101 cm³/mol. The molecule has 0 heterocycles. The molecule has 132 valence electrons. The second-order valence-corrected chi connectivity index (χ2v) is 6.39. The summed E-state index contributed by atoms with van der Waals surface area (Å²) < 4.78 is 0. The third-order valence-electron chi connectivity index (χ3n) is 4.16. The monoisotopic (exact) mass is 348 g/mol. The topological polar surface area (TPSA) is 94.0 Å². The van der Waals surface area contributed by atoms with Gasteiger partial charge >= 0.3 is 0 Å². The lowest BCUT2D eigenvalue weighted by Crippen LogP contribution is -2.31. The predicted octanol–water partition coefficient (Wildman–Crippen LogP) is 3.35. The van der Waals surface area contributed by atoms with Crippen LogP contribution in [0.15, 0.2) is 48.5 Å². The maximum Gasteiger partial charge on any atom is 0.246 e. The number of carbonyl (C=O) groups excluding carboxylic acids is 2. The smallest absolute Gasteiger partial charge is 0.246 e. The van der Waals surface area contributed by atoms with E-state index in [1.165, 1.54) is 0 Å². The number of nitrogens with zero attached hydrogens (tertiary/aromatic N) is 1. The van der Waals surface area contributed by atoms with Gasteiger partial charge in [0, 0.05) is 23.0 Å². The molecule has 6 nitrogen and oxygen atoms in total. The van der Waals surface area contributed by atoms with Gasteiger partial charge in [0.2, 0.25) is 11.8 Å². The summed E-state index contributed by atoms with van der Waals surface area (Å²) in [4.78, 5) is 24.0. The standard InChI is InChI=1S/C20H20N4O2/c1-13(19(25)23-17-6-2-14(12-21)3-7-17)22-16-8-10-18(11-9-16)24-20(26)15-4-5-15/h2-3,6-11,13,15,22H,4-5H2,1H3,(H,23,25)(H,24,26)/t13-/m1/s1. The molecule has 0 unspecified atom stereocenters.